The first-order chi connectivity index (χ1) is 9.61. The first-order valence-electron chi connectivity index (χ1n) is 7.60. The van der Waals surface area contributed by atoms with Crippen LogP contribution in [0.4, 0.5) is 5.69 Å². The van der Waals surface area contributed by atoms with Crippen LogP contribution in [0.2, 0.25) is 0 Å². The molecule has 0 amide bonds. The zero-order valence-electron chi connectivity index (χ0n) is 11.8. The molecular formula is C15H20BrN3O. The summed E-state index contributed by atoms with van der Waals surface area (Å²) in [5.74, 6) is 2.64. The number of fused-ring (bicyclic) bond motifs is 1. The van der Waals surface area contributed by atoms with Crippen LogP contribution in [0.3, 0.4) is 0 Å². The van der Waals surface area contributed by atoms with E-state index in [1.54, 1.807) is 7.05 Å². The van der Waals surface area contributed by atoms with Crippen LogP contribution in [0.15, 0.2) is 15.5 Å². The van der Waals surface area contributed by atoms with E-state index in [0.29, 0.717) is 10.5 Å². The SMILES string of the molecule is Cn1ncc(N2CC3C[C@@H]4CC2C[C@H](C3)C4)c(Br)c1=O. The van der Waals surface area contributed by atoms with Gasteiger partial charge < -0.3 is 4.90 Å². The van der Waals surface area contributed by atoms with Crippen LogP contribution in [0.5, 0.6) is 0 Å². The van der Waals surface area contributed by atoms with Crippen molar-refractivity contribution in [3.8, 4) is 0 Å². The van der Waals surface area contributed by atoms with Crippen LogP contribution in [-0.2, 0) is 7.05 Å². The highest BCUT2D eigenvalue weighted by molar-refractivity contribution is 9.10. The van der Waals surface area contributed by atoms with E-state index in [2.05, 4.69) is 25.9 Å². The summed E-state index contributed by atoms with van der Waals surface area (Å²) in [6.07, 6.45) is 8.68. The van der Waals surface area contributed by atoms with Crippen molar-refractivity contribution < 1.29 is 0 Å². The molecule has 5 rings (SSSR count). The highest BCUT2D eigenvalue weighted by atomic mass is 79.9. The largest absolute Gasteiger partial charge is 0.366 e. The normalized spacial score (nSPS) is 35.4. The van der Waals surface area contributed by atoms with Gasteiger partial charge in [-0.05, 0) is 65.8 Å². The first kappa shape index (κ1) is 12.9. The lowest BCUT2D eigenvalue weighted by molar-refractivity contribution is 0.157. The number of halogens is 1. The van der Waals surface area contributed by atoms with Gasteiger partial charge in [-0.2, -0.15) is 5.10 Å². The van der Waals surface area contributed by atoms with Gasteiger partial charge in [0.1, 0.15) is 4.47 Å². The first-order valence-corrected chi connectivity index (χ1v) is 8.39. The number of anilines is 1. The Morgan fingerprint density at radius 3 is 2.50 bits per heavy atom. The van der Waals surface area contributed by atoms with Gasteiger partial charge in [-0.15, -0.1) is 0 Å². The standard InChI is InChI=1S/C15H20BrN3O/c1-18-15(20)14(16)13(7-17-18)19-8-11-3-9-2-10(4-11)6-12(19)5-9/h7,9-12H,2-6,8H2,1H3/t9-,10+,11?,12?. The van der Waals surface area contributed by atoms with E-state index in [9.17, 15) is 4.79 Å². The highest BCUT2D eigenvalue weighted by Gasteiger charge is 2.43. The molecule has 1 aromatic heterocycles. The minimum absolute atomic E-state index is 0.0357. The number of rotatable bonds is 1. The van der Waals surface area contributed by atoms with Crippen molar-refractivity contribution in [1.29, 1.82) is 0 Å². The van der Waals surface area contributed by atoms with E-state index in [1.807, 2.05) is 6.20 Å². The molecule has 4 nitrogen and oxygen atoms in total. The third-order valence-corrected chi connectivity index (χ3v) is 6.22. The molecular weight excluding hydrogens is 318 g/mol. The molecule has 2 aliphatic heterocycles. The molecule has 4 bridgehead atoms. The third kappa shape index (κ3) is 1.93. The van der Waals surface area contributed by atoms with Gasteiger partial charge in [0.2, 0.25) is 0 Å². The van der Waals surface area contributed by atoms with Gasteiger partial charge in [0.25, 0.3) is 5.56 Å². The predicted molar refractivity (Wildman–Crippen MR) is 81.9 cm³/mol. The smallest absolute Gasteiger partial charge is 0.282 e. The summed E-state index contributed by atoms with van der Waals surface area (Å²) >= 11 is 3.50. The van der Waals surface area contributed by atoms with Crippen LogP contribution in [0.25, 0.3) is 0 Å². The van der Waals surface area contributed by atoms with Gasteiger partial charge in [-0.1, -0.05) is 0 Å². The van der Waals surface area contributed by atoms with Crippen LogP contribution in [0, 0.1) is 17.8 Å². The number of aryl methyl sites for hydroxylation is 1. The van der Waals surface area contributed by atoms with Gasteiger partial charge in [-0.25, -0.2) is 4.68 Å². The summed E-state index contributed by atoms with van der Waals surface area (Å²) in [5, 5.41) is 4.22. The van der Waals surface area contributed by atoms with Crippen molar-refractivity contribution in [2.45, 2.75) is 38.1 Å². The Kier molecular flexibility index (Phi) is 2.95. The Bertz CT molecular complexity index is 585. The molecule has 5 heteroatoms. The monoisotopic (exact) mass is 337 g/mol. The molecule has 4 fully saturated rings. The van der Waals surface area contributed by atoms with Crippen LogP contribution in [-0.4, -0.2) is 22.4 Å². The second-order valence-electron chi connectivity index (χ2n) is 6.86. The molecule has 4 aliphatic rings. The average molecular weight is 338 g/mol. The van der Waals surface area contributed by atoms with E-state index < -0.39 is 0 Å². The fourth-order valence-electron chi connectivity index (χ4n) is 4.78. The molecule has 0 spiro atoms. The maximum atomic E-state index is 12.1. The molecule has 108 valence electrons. The van der Waals surface area contributed by atoms with Crippen molar-refractivity contribution >= 4 is 21.6 Å². The Labute approximate surface area is 127 Å². The van der Waals surface area contributed by atoms with E-state index >= 15 is 0 Å². The van der Waals surface area contributed by atoms with Crippen molar-refractivity contribution in [1.82, 2.24) is 9.78 Å². The third-order valence-electron chi connectivity index (χ3n) is 5.48. The number of aromatic nitrogens is 2. The molecule has 0 radical (unpaired) electrons. The lowest BCUT2D eigenvalue weighted by atomic mass is 9.68. The average Bonchev–Trinajstić information content (AvgIpc) is 2.61. The van der Waals surface area contributed by atoms with Crippen molar-refractivity contribution in [2.75, 3.05) is 11.4 Å². The molecule has 20 heavy (non-hydrogen) atoms. The molecule has 2 saturated carbocycles. The summed E-state index contributed by atoms with van der Waals surface area (Å²) in [4.78, 5) is 14.6. The van der Waals surface area contributed by atoms with Crippen molar-refractivity contribution in [3.05, 3.63) is 21.0 Å². The zero-order chi connectivity index (χ0) is 13.9. The summed E-state index contributed by atoms with van der Waals surface area (Å²) in [5.41, 5.74) is 0.970. The summed E-state index contributed by atoms with van der Waals surface area (Å²) in [6, 6.07) is 0.608. The highest BCUT2D eigenvalue weighted by Crippen LogP contribution is 2.48. The van der Waals surface area contributed by atoms with Crippen LogP contribution >= 0.6 is 15.9 Å². The van der Waals surface area contributed by atoms with Gasteiger partial charge >= 0.3 is 0 Å². The zero-order valence-corrected chi connectivity index (χ0v) is 13.3. The maximum Gasteiger partial charge on any atom is 0.282 e. The molecule has 2 saturated heterocycles. The van der Waals surface area contributed by atoms with E-state index in [4.69, 9.17) is 0 Å². The molecule has 0 N–H and O–H groups in total. The van der Waals surface area contributed by atoms with Crippen molar-refractivity contribution in [3.63, 3.8) is 0 Å². The number of hydrogen-bond acceptors (Lipinski definition) is 3. The minimum atomic E-state index is -0.0357. The van der Waals surface area contributed by atoms with E-state index in [1.165, 1.54) is 36.8 Å². The van der Waals surface area contributed by atoms with Gasteiger partial charge in [-0.3, -0.25) is 4.79 Å². The Balaban J connectivity index is 1.75. The summed E-state index contributed by atoms with van der Waals surface area (Å²) < 4.78 is 2.07. The quantitative estimate of drug-likeness (QED) is 0.790. The predicted octanol–water partition coefficient (Wildman–Crippen LogP) is 2.56. The molecule has 2 aliphatic carbocycles. The van der Waals surface area contributed by atoms with E-state index in [0.717, 1.165) is 30.0 Å². The Hall–Kier alpha value is -0.840. The maximum absolute atomic E-state index is 12.1. The Morgan fingerprint density at radius 1 is 1.15 bits per heavy atom. The molecule has 4 atom stereocenters. The fraction of sp³-hybridized carbons (Fsp3) is 0.733. The molecule has 0 aromatic carbocycles. The number of nitrogens with zero attached hydrogens (tertiary/aromatic N) is 3. The Morgan fingerprint density at radius 2 is 1.80 bits per heavy atom. The van der Waals surface area contributed by atoms with Crippen LogP contribution in [0.1, 0.15) is 32.1 Å². The van der Waals surface area contributed by atoms with Gasteiger partial charge in [0.05, 0.1) is 11.9 Å². The summed E-state index contributed by atoms with van der Waals surface area (Å²) in [7, 11) is 1.70. The lowest BCUT2D eigenvalue weighted by Gasteiger charge is -2.39. The summed E-state index contributed by atoms with van der Waals surface area (Å²) in [6.45, 7) is 1.10. The van der Waals surface area contributed by atoms with Crippen LogP contribution < -0.4 is 10.5 Å². The topological polar surface area (TPSA) is 38.1 Å². The number of hydrogen-bond donors (Lipinski definition) is 0. The second-order valence-corrected chi connectivity index (χ2v) is 7.65. The molecule has 1 aromatic rings. The minimum Gasteiger partial charge on any atom is -0.366 e. The molecule has 2 unspecified atom stereocenters. The fourth-order valence-corrected chi connectivity index (χ4v) is 5.37. The van der Waals surface area contributed by atoms with Gasteiger partial charge in [0, 0.05) is 19.6 Å². The lowest BCUT2D eigenvalue weighted by Crippen LogP contribution is -2.39. The van der Waals surface area contributed by atoms with Crippen molar-refractivity contribution in [2.24, 2.45) is 24.8 Å². The second kappa shape index (κ2) is 4.58. The van der Waals surface area contributed by atoms with E-state index in [-0.39, 0.29) is 5.56 Å². The van der Waals surface area contributed by atoms with Gasteiger partial charge in [0.15, 0.2) is 0 Å². The molecule has 3 heterocycles.